The Balaban J connectivity index is 3.00. The molecule has 0 radical (unpaired) electrons. The van der Waals surface area contributed by atoms with Crippen LogP contribution < -0.4 is 5.32 Å². The van der Waals surface area contributed by atoms with E-state index in [4.69, 9.17) is 0 Å². The van der Waals surface area contributed by atoms with Gasteiger partial charge < -0.3 is 5.32 Å². The molecule has 0 aliphatic rings. The third-order valence-corrected chi connectivity index (χ3v) is 4.06. The highest BCUT2D eigenvalue weighted by molar-refractivity contribution is 5.23. The van der Waals surface area contributed by atoms with Gasteiger partial charge in [-0.25, -0.2) is 8.78 Å². The minimum Gasteiger partial charge on any atom is -0.310 e. The second kappa shape index (κ2) is 7.16. The average Bonchev–Trinajstić information content (AvgIpc) is 2.34. The van der Waals surface area contributed by atoms with E-state index in [1.807, 2.05) is 0 Å². The Hall–Kier alpha value is -0.960. The van der Waals surface area contributed by atoms with Crippen LogP contribution in [0, 0.1) is 23.0 Å². The first-order valence-electron chi connectivity index (χ1n) is 7.44. The van der Waals surface area contributed by atoms with E-state index in [1.54, 1.807) is 0 Å². The van der Waals surface area contributed by atoms with Gasteiger partial charge in [0.15, 0.2) is 0 Å². The fourth-order valence-corrected chi connectivity index (χ4v) is 2.17. The van der Waals surface area contributed by atoms with Crippen molar-refractivity contribution in [1.82, 2.24) is 5.32 Å². The van der Waals surface area contributed by atoms with Gasteiger partial charge in [0.05, 0.1) is 0 Å². The molecule has 0 aliphatic carbocycles. The van der Waals surface area contributed by atoms with Crippen LogP contribution in [-0.2, 0) is 0 Å². The van der Waals surface area contributed by atoms with E-state index in [0.717, 1.165) is 19.4 Å². The Labute approximate surface area is 121 Å². The molecule has 1 aromatic carbocycles. The average molecular weight is 283 g/mol. The van der Waals surface area contributed by atoms with Crippen LogP contribution in [0.25, 0.3) is 0 Å². The fraction of sp³-hybridized carbons (Fsp3) is 0.647. The lowest BCUT2D eigenvalue weighted by atomic mass is 9.77. The molecule has 0 amide bonds. The van der Waals surface area contributed by atoms with Gasteiger partial charge in [0.25, 0.3) is 0 Å². The molecule has 1 rings (SSSR count). The van der Waals surface area contributed by atoms with Crippen LogP contribution in [0.15, 0.2) is 18.2 Å². The molecule has 0 saturated heterocycles. The number of hydrogen-bond donors (Lipinski definition) is 1. The Bertz CT molecular complexity index is 403. The van der Waals surface area contributed by atoms with Crippen molar-refractivity contribution in [3.63, 3.8) is 0 Å². The molecule has 1 nitrogen and oxygen atoms in total. The standard InChI is InChI=1S/C17H27F2N/c1-6-10-20-15(11-12(2)17(3,4)5)16-13(18)8-7-9-14(16)19/h7-9,12,15,20H,6,10-11H2,1-5H3. The first-order valence-corrected chi connectivity index (χ1v) is 7.44. The molecule has 2 unspecified atom stereocenters. The van der Waals surface area contributed by atoms with Crippen molar-refractivity contribution in [2.75, 3.05) is 6.54 Å². The van der Waals surface area contributed by atoms with Crippen molar-refractivity contribution in [1.29, 1.82) is 0 Å². The van der Waals surface area contributed by atoms with Gasteiger partial charge in [-0.2, -0.15) is 0 Å². The van der Waals surface area contributed by atoms with E-state index in [9.17, 15) is 8.78 Å². The smallest absolute Gasteiger partial charge is 0.130 e. The maximum absolute atomic E-state index is 14.0. The highest BCUT2D eigenvalue weighted by Crippen LogP contribution is 2.34. The SMILES string of the molecule is CCCNC(CC(C)C(C)(C)C)c1c(F)cccc1F. The Morgan fingerprint density at radius 2 is 1.70 bits per heavy atom. The molecule has 0 aliphatic heterocycles. The number of hydrogen-bond acceptors (Lipinski definition) is 1. The predicted octanol–water partition coefficient (Wildman–Crippen LogP) is 5.08. The van der Waals surface area contributed by atoms with Crippen LogP contribution in [0.5, 0.6) is 0 Å². The van der Waals surface area contributed by atoms with Crippen LogP contribution in [0.3, 0.4) is 0 Å². The summed E-state index contributed by atoms with van der Waals surface area (Å²) in [5.74, 6) is -0.560. The number of benzene rings is 1. The van der Waals surface area contributed by atoms with Crippen LogP contribution in [-0.4, -0.2) is 6.54 Å². The topological polar surface area (TPSA) is 12.0 Å². The lowest BCUT2D eigenvalue weighted by Crippen LogP contribution is -2.29. The Morgan fingerprint density at radius 1 is 1.15 bits per heavy atom. The van der Waals surface area contributed by atoms with Crippen molar-refractivity contribution in [3.05, 3.63) is 35.4 Å². The van der Waals surface area contributed by atoms with Crippen molar-refractivity contribution in [2.45, 2.75) is 53.5 Å². The fourth-order valence-electron chi connectivity index (χ4n) is 2.17. The number of halogens is 2. The molecule has 0 heterocycles. The van der Waals surface area contributed by atoms with E-state index in [1.165, 1.54) is 18.2 Å². The summed E-state index contributed by atoms with van der Waals surface area (Å²) < 4.78 is 28.0. The number of nitrogens with one attached hydrogen (secondary N) is 1. The van der Waals surface area contributed by atoms with Gasteiger partial charge in [-0.1, -0.05) is 40.7 Å². The summed E-state index contributed by atoms with van der Waals surface area (Å²) in [5.41, 5.74) is 0.297. The molecule has 0 bridgehead atoms. The third kappa shape index (κ3) is 4.55. The van der Waals surface area contributed by atoms with Crippen molar-refractivity contribution in [3.8, 4) is 0 Å². The normalized spacial score (nSPS) is 15.2. The second-order valence-electron chi connectivity index (χ2n) is 6.64. The molecule has 1 aromatic rings. The van der Waals surface area contributed by atoms with Crippen LogP contribution in [0.2, 0.25) is 0 Å². The van der Waals surface area contributed by atoms with E-state index in [0.29, 0.717) is 5.92 Å². The molecule has 0 saturated carbocycles. The molecule has 0 aromatic heterocycles. The van der Waals surface area contributed by atoms with E-state index >= 15 is 0 Å². The minimum absolute atomic E-state index is 0.119. The van der Waals surface area contributed by atoms with Crippen LogP contribution in [0.1, 0.15) is 59.1 Å². The lowest BCUT2D eigenvalue weighted by Gasteiger charge is -2.31. The minimum atomic E-state index is -0.459. The summed E-state index contributed by atoms with van der Waals surface area (Å²) in [6, 6.07) is 3.81. The van der Waals surface area contributed by atoms with Crippen molar-refractivity contribution in [2.24, 2.45) is 11.3 Å². The van der Waals surface area contributed by atoms with Gasteiger partial charge in [0.1, 0.15) is 11.6 Å². The lowest BCUT2D eigenvalue weighted by molar-refractivity contribution is 0.220. The summed E-state index contributed by atoms with van der Waals surface area (Å²) in [7, 11) is 0. The molecular formula is C17H27F2N. The summed E-state index contributed by atoms with van der Waals surface area (Å²) >= 11 is 0. The Morgan fingerprint density at radius 3 is 2.15 bits per heavy atom. The van der Waals surface area contributed by atoms with E-state index < -0.39 is 11.6 Å². The molecule has 0 fully saturated rings. The molecule has 3 heteroatoms. The summed E-state index contributed by atoms with van der Waals surface area (Å²) in [5, 5.41) is 3.29. The predicted molar refractivity (Wildman–Crippen MR) is 80.6 cm³/mol. The zero-order valence-corrected chi connectivity index (χ0v) is 13.3. The van der Waals surface area contributed by atoms with Gasteiger partial charge in [-0.3, -0.25) is 0 Å². The van der Waals surface area contributed by atoms with Crippen molar-refractivity contribution < 1.29 is 8.78 Å². The van der Waals surface area contributed by atoms with Gasteiger partial charge in [-0.15, -0.1) is 0 Å². The molecular weight excluding hydrogens is 256 g/mol. The first kappa shape index (κ1) is 17.1. The zero-order chi connectivity index (χ0) is 15.3. The number of rotatable bonds is 6. The maximum atomic E-state index is 14.0. The van der Waals surface area contributed by atoms with Gasteiger partial charge in [0, 0.05) is 11.6 Å². The van der Waals surface area contributed by atoms with Gasteiger partial charge in [0.2, 0.25) is 0 Å². The highest BCUT2D eigenvalue weighted by atomic mass is 19.1. The van der Waals surface area contributed by atoms with Gasteiger partial charge >= 0.3 is 0 Å². The third-order valence-electron chi connectivity index (χ3n) is 4.06. The van der Waals surface area contributed by atoms with Gasteiger partial charge in [-0.05, 0) is 42.9 Å². The molecule has 114 valence electrons. The van der Waals surface area contributed by atoms with Crippen LogP contribution >= 0.6 is 0 Å². The molecule has 20 heavy (non-hydrogen) atoms. The highest BCUT2D eigenvalue weighted by Gasteiger charge is 2.27. The first-order chi connectivity index (χ1) is 9.27. The molecule has 2 atom stereocenters. The Kier molecular flexibility index (Phi) is 6.12. The maximum Gasteiger partial charge on any atom is 0.130 e. The van der Waals surface area contributed by atoms with Crippen molar-refractivity contribution >= 4 is 0 Å². The van der Waals surface area contributed by atoms with E-state index in [-0.39, 0.29) is 17.0 Å². The molecule has 0 spiro atoms. The summed E-state index contributed by atoms with van der Waals surface area (Å²) in [6.45, 7) is 11.4. The largest absolute Gasteiger partial charge is 0.310 e. The second-order valence-corrected chi connectivity index (χ2v) is 6.64. The summed E-state index contributed by atoms with van der Waals surface area (Å²) in [6.07, 6.45) is 1.66. The zero-order valence-electron chi connectivity index (χ0n) is 13.3. The monoisotopic (exact) mass is 283 g/mol. The summed E-state index contributed by atoms with van der Waals surface area (Å²) in [4.78, 5) is 0. The van der Waals surface area contributed by atoms with Crippen LogP contribution in [0.4, 0.5) is 8.78 Å². The molecule has 1 N–H and O–H groups in total. The quantitative estimate of drug-likeness (QED) is 0.768. The van der Waals surface area contributed by atoms with E-state index in [2.05, 4.69) is 39.9 Å².